The first-order chi connectivity index (χ1) is 49.7. The van der Waals surface area contributed by atoms with Gasteiger partial charge in [-0.25, -0.2) is 0 Å². The van der Waals surface area contributed by atoms with Gasteiger partial charge in [0.25, 0.3) is 44.8 Å². The van der Waals surface area contributed by atoms with E-state index in [1.807, 2.05) is 0 Å². The van der Waals surface area contributed by atoms with E-state index in [2.05, 4.69) is 37.9 Å². The SMILES string of the molecule is COC(c1cc([B-](c2cc(C(OC)(C(F)(F)F)C(F)(F)F)cc(C(OC)(C(F)(F)F)C(F)(F)F)c2)(c2cc(C(OC)(C(F)(F)F)C(F)(F)F)cc(C(OC)(C(F)(F)F)C(F)(F)F)c2)c2cc(C(OC)(C(F)(F)F)C(F)(F)F)cc(C(OC)(C(F)(F)F)C(F)(F)F)c2)cc(C(OC)(C(F)(F)F)C(F)(F)F)c1)(C(F)(F)F)C(F)(F)F.O.O.O. The number of ether oxygens (including phenoxy) is 8. The molecule has 0 heterocycles. The van der Waals surface area contributed by atoms with Gasteiger partial charge in [0.1, 0.15) is 6.15 Å². The molecule has 0 amide bonds. The minimum Gasteiger partial charge on any atom is -0.412 e. The van der Waals surface area contributed by atoms with E-state index in [1.165, 1.54) is 0 Å². The lowest BCUT2D eigenvalue weighted by molar-refractivity contribution is -0.386. The highest BCUT2D eigenvalue weighted by molar-refractivity contribution is 7.20. The molecule has 0 saturated heterocycles. The largest absolute Gasteiger partial charge is 0.430 e. The number of halogens is 48. The van der Waals surface area contributed by atoms with E-state index in [0.29, 0.717) is 0 Å². The van der Waals surface area contributed by atoms with E-state index < -0.39 is 346 Å². The van der Waals surface area contributed by atoms with Crippen molar-refractivity contribution < 1.29 is 265 Å². The van der Waals surface area contributed by atoms with E-state index >= 15 is 211 Å². The molecule has 4 aromatic carbocycles. The molecule has 4 aromatic rings. The van der Waals surface area contributed by atoms with Crippen LogP contribution in [0.4, 0.5) is 211 Å². The Morgan fingerprint density at radius 2 is 0.216 bits per heavy atom. The van der Waals surface area contributed by atoms with Gasteiger partial charge in [0.05, 0.1) is 0 Å². The minimum atomic E-state index is -8.82. The molecule has 0 atom stereocenters. The fourth-order valence-corrected chi connectivity index (χ4v) is 13.1. The molecule has 0 unspecified atom stereocenters. The van der Waals surface area contributed by atoms with Crippen LogP contribution in [0.25, 0.3) is 0 Å². The lowest BCUT2D eigenvalue weighted by atomic mass is 9.12. The Morgan fingerprint density at radius 3 is 0.267 bits per heavy atom. The van der Waals surface area contributed by atoms with Crippen molar-refractivity contribution in [3.63, 3.8) is 0 Å². The summed E-state index contributed by atoms with van der Waals surface area (Å²) < 4.78 is 792. The summed E-state index contributed by atoms with van der Waals surface area (Å²) in [5.74, 6) is 0. The Bertz CT molecular complexity index is 3180. The third kappa shape index (κ3) is 15.3. The summed E-state index contributed by atoms with van der Waals surface area (Å²) in [6, 6.07) is -26.4. The predicted molar refractivity (Wildman–Crippen MR) is 287 cm³/mol. The maximum Gasteiger partial charge on any atom is 0.430 e. The lowest BCUT2D eigenvalue weighted by Gasteiger charge is -2.50. The van der Waals surface area contributed by atoms with E-state index in [1.54, 1.807) is 0 Å². The van der Waals surface area contributed by atoms with E-state index in [9.17, 15) is 0 Å². The summed E-state index contributed by atoms with van der Waals surface area (Å²) in [5, 5.41) is 0. The molecule has 672 valence electrons. The summed E-state index contributed by atoms with van der Waals surface area (Å²) >= 11 is 0. The van der Waals surface area contributed by atoms with Gasteiger partial charge < -0.3 is 54.3 Å². The first-order valence-electron chi connectivity index (χ1n) is 28.1. The van der Waals surface area contributed by atoms with Crippen LogP contribution in [-0.2, 0) is 82.7 Å². The van der Waals surface area contributed by atoms with Gasteiger partial charge in [-0.2, -0.15) is 233 Å². The van der Waals surface area contributed by atoms with Crippen LogP contribution >= 0.6 is 0 Å². The second-order valence-electron chi connectivity index (χ2n) is 23.3. The number of hydrogen-bond acceptors (Lipinski definition) is 8. The molecule has 116 heavy (non-hydrogen) atoms. The van der Waals surface area contributed by atoms with E-state index in [-0.39, 0.29) is 16.4 Å². The van der Waals surface area contributed by atoms with Crippen molar-refractivity contribution in [2.24, 2.45) is 0 Å². The van der Waals surface area contributed by atoms with Crippen molar-refractivity contribution >= 4 is 28.0 Å². The van der Waals surface area contributed by atoms with E-state index in [4.69, 9.17) is 0 Å². The van der Waals surface area contributed by atoms with Crippen LogP contribution < -0.4 is 21.9 Å². The van der Waals surface area contributed by atoms with Gasteiger partial charge >= 0.3 is 98.8 Å². The second kappa shape index (κ2) is 31.3. The second-order valence-corrected chi connectivity index (χ2v) is 23.3. The van der Waals surface area contributed by atoms with E-state index in [0.717, 1.165) is 0 Å². The molecule has 0 spiro atoms. The molecule has 0 bridgehead atoms. The van der Waals surface area contributed by atoms with Gasteiger partial charge in [-0.1, -0.05) is 48.5 Å². The van der Waals surface area contributed by atoms with Crippen LogP contribution in [-0.4, -0.2) is 178 Å². The van der Waals surface area contributed by atoms with Gasteiger partial charge in [0.15, 0.2) is 0 Å². The molecular formula is C56H42BF48O11-. The van der Waals surface area contributed by atoms with Crippen molar-refractivity contribution in [2.75, 3.05) is 56.9 Å². The molecule has 0 aromatic heterocycles. The fourth-order valence-electron chi connectivity index (χ4n) is 13.1. The molecule has 0 aliphatic heterocycles. The molecule has 0 radical (unpaired) electrons. The number of methoxy groups -OCH3 is 8. The summed E-state index contributed by atoms with van der Waals surface area (Å²) in [5.41, 5.74) is -112. The quantitative estimate of drug-likeness (QED) is 0.0622. The first-order valence-corrected chi connectivity index (χ1v) is 28.1. The first kappa shape index (κ1) is 107. The highest BCUT2D eigenvalue weighted by atomic mass is 19.5. The van der Waals surface area contributed by atoms with Crippen LogP contribution in [0.2, 0.25) is 0 Å². The van der Waals surface area contributed by atoms with Gasteiger partial charge in [-0.05, 0) is 68.8 Å². The molecule has 60 heteroatoms. The van der Waals surface area contributed by atoms with Gasteiger partial charge in [0, 0.05) is 56.9 Å². The van der Waals surface area contributed by atoms with Crippen molar-refractivity contribution in [3.8, 4) is 0 Å². The third-order valence-corrected chi connectivity index (χ3v) is 17.9. The number of rotatable bonds is 20. The number of hydrogen-bond donors (Lipinski definition) is 0. The minimum absolute atomic E-state index is 0. The number of benzene rings is 4. The van der Waals surface area contributed by atoms with Crippen LogP contribution in [0.5, 0.6) is 0 Å². The van der Waals surface area contributed by atoms with Gasteiger partial charge in [-0.3, -0.25) is 0 Å². The highest BCUT2D eigenvalue weighted by Crippen LogP contribution is 2.63. The third-order valence-electron chi connectivity index (χ3n) is 17.9. The maximum atomic E-state index is 15.9. The standard InChI is InChI=1S/C56H36BF48O8.3H2O/c1-106-33(41(58,59)60,42(61,62)63)21-9-22(34(107-2,43(64,65)66)44(67,68)69)14-29(13-21)57(30-15-23(35(108-3,45(70,71)72)46(73,74)75)10-24(16-30)36(109-4,47(76,77)78)48(79,80)81,31-17-25(37(110-5,49(82,83)84)50(85,86)87)11-26(18-31)38(111-6,51(88,89)90)52(91,92)93)32-19-27(39(112-7,53(94,95)96)54(97,98)99)12-28(20-32)40(113-8,55(100,101)102)56(103,104)105;;;/h9-20H,1-8H3;3*1H2/q-1;;;. The summed E-state index contributed by atoms with van der Waals surface area (Å²) in [4.78, 5) is 0. The maximum absolute atomic E-state index is 15.9. The average molecular weight is 1810 g/mol. The monoisotopic (exact) mass is 1810 g/mol. The molecule has 6 N–H and O–H groups in total. The van der Waals surface area contributed by atoms with Crippen LogP contribution in [0.15, 0.2) is 72.8 Å². The molecule has 0 saturated carbocycles. The lowest BCUT2D eigenvalue weighted by Crippen LogP contribution is -2.76. The van der Waals surface area contributed by atoms with Crippen molar-refractivity contribution in [3.05, 3.63) is 117 Å². The Kier molecular flexibility index (Phi) is 28.9. The van der Waals surface area contributed by atoms with Gasteiger partial charge in [-0.15, -0.1) is 0 Å². The van der Waals surface area contributed by atoms with Crippen molar-refractivity contribution in [2.45, 2.75) is 144 Å². The smallest absolute Gasteiger partial charge is 0.412 e. The normalized spacial score (nSPS) is 15.3. The summed E-state index contributed by atoms with van der Waals surface area (Å²) in [6.45, 7) is 0. The highest BCUT2D eigenvalue weighted by Gasteiger charge is 2.82. The Labute approximate surface area is 610 Å². The van der Waals surface area contributed by atoms with Gasteiger partial charge in [0.2, 0.25) is 0 Å². The number of alkyl halides is 48. The Hall–Kier alpha value is -6.86. The molecule has 0 aliphatic rings. The fraction of sp³-hybridized carbons (Fsp3) is 0.571. The Morgan fingerprint density at radius 1 is 0.147 bits per heavy atom. The average Bonchev–Trinajstić information content (AvgIpc) is 0.677. The van der Waals surface area contributed by atoms with Crippen LogP contribution in [0.1, 0.15) is 44.5 Å². The molecular weight excluding hydrogens is 1770 g/mol. The van der Waals surface area contributed by atoms with Crippen molar-refractivity contribution in [1.82, 2.24) is 0 Å². The van der Waals surface area contributed by atoms with Crippen LogP contribution in [0, 0.1) is 0 Å². The topological polar surface area (TPSA) is 168 Å². The zero-order valence-corrected chi connectivity index (χ0v) is 56.4. The van der Waals surface area contributed by atoms with Crippen LogP contribution in [0.3, 0.4) is 0 Å². The zero-order chi connectivity index (χ0) is 89.6. The molecule has 0 aliphatic carbocycles. The molecule has 0 fully saturated rings. The summed E-state index contributed by atoms with van der Waals surface area (Å²) in [7, 11) is -9.70. The zero-order valence-electron chi connectivity index (χ0n) is 56.4. The molecule has 4 rings (SSSR count). The Balaban J connectivity index is 0.0000224. The predicted octanol–water partition coefficient (Wildman–Crippen LogP) is 16.3. The summed E-state index contributed by atoms with van der Waals surface area (Å²) in [6.07, 6.45) is -141. The molecule has 11 nitrogen and oxygen atoms in total. The van der Waals surface area contributed by atoms with Crippen molar-refractivity contribution in [1.29, 1.82) is 0 Å².